The van der Waals surface area contributed by atoms with E-state index in [1.165, 1.54) is 0 Å². The number of carbonyl (C=O) groups is 2. The predicted octanol–water partition coefficient (Wildman–Crippen LogP) is 0.338. The van der Waals surface area contributed by atoms with Crippen molar-refractivity contribution in [3.05, 3.63) is 29.8 Å². The molecule has 0 radical (unpaired) electrons. The van der Waals surface area contributed by atoms with Crippen molar-refractivity contribution in [1.82, 2.24) is 15.6 Å². The summed E-state index contributed by atoms with van der Waals surface area (Å²) in [5.41, 5.74) is 4.26. The predicted molar refractivity (Wildman–Crippen MR) is 118 cm³/mol. The van der Waals surface area contributed by atoms with Gasteiger partial charge in [-0.25, -0.2) is 5.43 Å². The summed E-state index contributed by atoms with van der Waals surface area (Å²) in [7, 11) is -1.79. The summed E-state index contributed by atoms with van der Waals surface area (Å²) < 4.78 is 25.9. The Bertz CT molecular complexity index is 883. The first kappa shape index (κ1) is 24.1. The third-order valence-corrected chi connectivity index (χ3v) is 5.23. The van der Waals surface area contributed by atoms with Gasteiger partial charge in [-0.1, -0.05) is 12.1 Å². The summed E-state index contributed by atoms with van der Waals surface area (Å²) in [5, 5.41) is 10.2. The van der Waals surface area contributed by atoms with Gasteiger partial charge in [0.2, 0.25) is 5.91 Å². The van der Waals surface area contributed by atoms with Gasteiger partial charge in [0.05, 0.1) is 6.26 Å². The molecule has 1 fully saturated rings. The van der Waals surface area contributed by atoms with Crippen LogP contribution in [0.1, 0.15) is 18.4 Å². The number of thioether (sulfide) groups is 1. The molecule has 0 aliphatic carbocycles. The topological polar surface area (TPSA) is 140 Å². The van der Waals surface area contributed by atoms with E-state index in [-0.39, 0.29) is 17.9 Å². The van der Waals surface area contributed by atoms with Gasteiger partial charge in [-0.15, -0.1) is 0 Å². The first-order chi connectivity index (χ1) is 14.2. The highest BCUT2D eigenvalue weighted by Crippen LogP contribution is 2.23. The number of fused-ring (bicyclic) bond motifs is 1. The van der Waals surface area contributed by atoms with Crippen LogP contribution in [0.5, 0.6) is 0 Å². The molecule has 2 aliphatic rings. The first-order valence-electron chi connectivity index (χ1n) is 9.38. The summed E-state index contributed by atoms with van der Waals surface area (Å²) in [6.07, 6.45) is 1.99. The van der Waals surface area contributed by atoms with Gasteiger partial charge in [0.15, 0.2) is 5.84 Å². The van der Waals surface area contributed by atoms with Crippen molar-refractivity contribution in [1.29, 1.82) is 0 Å². The largest absolute Gasteiger partial charge is 0.341 e. The van der Waals surface area contributed by atoms with Crippen LogP contribution >= 0.6 is 11.8 Å². The van der Waals surface area contributed by atoms with Crippen LogP contribution in [0.3, 0.4) is 0 Å². The van der Waals surface area contributed by atoms with Crippen LogP contribution in [-0.4, -0.2) is 79.5 Å². The highest BCUT2D eigenvalue weighted by atomic mass is 32.2. The lowest BCUT2D eigenvalue weighted by molar-refractivity contribution is -0.125. The van der Waals surface area contributed by atoms with Crippen LogP contribution < -0.4 is 16.1 Å². The molecule has 0 aromatic heterocycles. The highest BCUT2D eigenvalue weighted by molar-refractivity contribution is 7.99. The Morgan fingerprint density at radius 1 is 1.43 bits per heavy atom. The smallest absolute Gasteiger partial charge is 0.263 e. The van der Waals surface area contributed by atoms with E-state index in [1.807, 2.05) is 31.3 Å². The molecule has 0 bridgehead atoms. The number of nitrogens with one attached hydrogen (secondary N) is 3. The summed E-state index contributed by atoms with van der Waals surface area (Å²) in [6.45, 7) is 1.61. The molecule has 0 spiro atoms. The fourth-order valence-electron chi connectivity index (χ4n) is 2.94. The second-order valence-corrected chi connectivity index (χ2v) is 9.38. The average molecular weight is 458 g/mol. The number of hydrogen-bond acceptors (Lipinski definition) is 8. The molecule has 2 aliphatic heterocycles. The Kier molecular flexibility index (Phi) is 9.08. The van der Waals surface area contributed by atoms with Crippen LogP contribution in [-0.2, 0) is 19.7 Å². The quantitative estimate of drug-likeness (QED) is 0.354. The Labute approximate surface area is 180 Å². The minimum Gasteiger partial charge on any atom is -0.341 e. The molecule has 1 unspecified atom stereocenters. The van der Waals surface area contributed by atoms with E-state index in [0.717, 1.165) is 48.1 Å². The molecule has 1 saturated heterocycles. The molecule has 2 amide bonds. The third-order valence-electron chi connectivity index (χ3n) is 4.21. The van der Waals surface area contributed by atoms with Gasteiger partial charge < -0.3 is 15.5 Å². The van der Waals surface area contributed by atoms with E-state index in [0.29, 0.717) is 12.7 Å². The van der Waals surface area contributed by atoms with Gasteiger partial charge in [-0.3, -0.25) is 14.1 Å². The SMILES string of the molecule is CNCCCC(=O)Nc1cccc(C2=NNC(=O)C3CSCCN23)c1.CS(=O)(=O)O. The number of amidine groups is 1. The maximum Gasteiger partial charge on any atom is 0.263 e. The average Bonchev–Trinajstić information content (AvgIpc) is 2.68. The summed E-state index contributed by atoms with van der Waals surface area (Å²) >= 11 is 1.78. The second-order valence-electron chi connectivity index (χ2n) is 6.76. The first-order valence-corrected chi connectivity index (χ1v) is 12.4. The zero-order valence-electron chi connectivity index (χ0n) is 16.9. The van der Waals surface area contributed by atoms with Gasteiger partial charge in [0.25, 0.3) is 16.0 Å². The van der Waals surface area contributed by atoms with Crippen LogP contribution in [0.25, 0.3) is 0 Å². The van der Waals surface area contributed by atoms with Crippen molar-refractivity contribution in [2.24, 2.45) is 5.10 Å². The Morgan fingerprint density at radius 2 is 2.17 bits per heavy atom. The van der Waals surface area contributed by atoms with Gasteiger partial charge in [-0.05, 0) is 32.1 Å². The number of rotatable bonds is 6. The molecule has 2 heterocycles. The number of nitrogens with zero attached hydrogens (tertiary/aromatic N) is 2. The van der Waals surface area contributed by atoms with E-state index in [1.54, 1.807) is 11.8 Å². The van der Waals surface area contributed by atoms with Gasteiger partial charge in [-0.2, -0.15) is 25.3 Å². The van der Waals surface area contributed by atoms with E-state index in [4.69, 9.17) is 4.55 Å². The van der Waals surface area contributed by atoms with Crippen molar-refractivity contribution >= 4 is 45.2 Å². The van der Waals surface area contributed by atoms with Crippen LogP contribution in [0.2, 0.25) is 0 Å². The maximum absolute atomic E-state index is 12.0. The number of benzene rings is 1. The maximum atomic E-state index is 12.0. The highest BCUT2D eigenvalue weighted by Gasteiger charge is 2.35. The number of hydrogen-bond donors (Lipinski definition) is 4. The molecule has 166 valence electrons. The lowest BCUT2D eigenvalue weighted by Gasteiger charge is -2.38. The zero-order chi connectivity index (χ0) is 22.1. The van der Waals surface area contributed by atoms with Crippen molar-refractivity contribution in [2.45, 2.75) is 18.9 Å². The van der Waals surface area contributed by atoms with Crippen molar-refractivity contribution in [2.75, 3.05) is 43.2 Å². The molecule has 10 nitrogen and oxygen atoms in total. The Hall–Kier alpha value is -2.15. The van der Waals surface area contributed by atoms with Crippen LogP contribution in [0, 0.1) is 0 Å². The minimum absolute atomic E-state index is 0.00136. The summed E-state index contributed by atoms with van der Waals surface area (Å²) in [5.74, 6) is 2.46. The molecule has 0 saturated carbocycles. The molecule has 4 N–H and O–H groups in total. The third kappa shape index (κ3) is 7.94. The molecule has 12 heteroatoms. The number of carbonyl (C=O) groups excluding carboxylic acids is 2. The molecule has 3 rings (SSSR count). The van der Waals surface area contributed by atoms with E-state index in [9.17, 15) is 18.0 Å². The standard InChI is InChI=1S/C17H23N5O2S.CH4O3S/c1-18-7-3-6-15(23)19-13-5-2-4-12(10-13)16-20-21-17(24)14-11-25-9-8-22(14)16;1-5(2,3)4/h2,4-5,10,14,18H,3,6-9,11H2,1H3,(H,19,23)(H,21,24);1H3,(H,2,3,4). The fraction of sp³-hybridized carbons (Fsp3) is 0.500. The van der Waals surface area contributed by atoms with Crippen LogP contribution in [0.15, 0.2) is 29.4 Å². The summed E-state index contributed by atoms with van der Waals surface area (Å²) in [6, 6.07) is 7.44. The van der Waals surface area contributed by atoms with Gasteiger partial charge >= 0.3 is 0 Å². The normalized spacial score (nSPS) is 18.4. The van der Waals surface area contributed by atoms with E-state index < -0.39 is 10.1 Å². The lowest BCUT2D eigenvalue weighted by Crippen LogP contribution is -2.57. The van der Waals surface area contributed by atoms with Crippen molar-refractivity contribution in [3.63, 3.8) is 0 Å². The molecular weight excluding hydrogens is 430 g/mol. The Morgan fingerprint density at radius 3 is 2.87 bits per heavy atom. The molecule has 1 atom stereocenters. The molecular formula is C18H27N5O5S2. The monoisotopic (exact) mass is 457 g/mol. The van der Waals surface area contributed by atoms with Crippen molar-refractivity contribution < 1.29 is 22.6 Å². The van der Waals surface area contributed by atoms with Crippen molar-refractivity contribution in [3.8, 4) is 0 Å². The van der Waals surface area contributed by atoms with E-state index >= 15 is 0 Å². The number of anilines is 1. The van der Waals surface area contributed by atoms with Gasteiger partial charge in [0, 0.05) is 35.7 Å². The minimum atomic E-state index is -3.67. The molecule has 1 aromatic carbocycles. The molecule has 30 heavy (non-hydrogen) atoms. The van der Waals surface area contributed by atoms with E-state index in [2.05, 4.69) is 26.1 Å². The fourth-order valence-corrected chi connectivity index (χ4v) is 3.98. The molecule has 1 aromatic rings. The zero-order valence-corrected chi connectivity index (χ0v) is 18.6. The number of amides is 2. The lowest BCUT2D eigenvalue weighted by atomic mass is 10.1. The second kappa shape index (κ2) is 11.3. The van der Waals surface area contributed by atoms with Gasteiger partial charge in [0.1, 0.15) is 6.04 Å². The Balaban J connectivity index is 0.000000575. The summed E-state index contributed by atoms with van der Waals surface area (Å²) in [4.78, 5) is 26.1. The number of hydrazone groups is 1. The van der Waals surface area contributed by atoms with Crippen LogP contribution in [0.4, 0.5) is 5.69 Å².